The molecule has 4 nitrogen and oxygen atoms in total. The molecule has 0 saturated heterocycles. The van der Waals surface area contributed by atoms with E-state index in [2.05, 4.69) is 11.6 Å². The van der Waals surface area contributed by atoms with Crippen molar-refractivity contribution in [1.29, 1.82) is 0 Å². The van der Waals surface area contributed by atoms with E-state index in [0.29, 0.717) is 5.96 Å². The van der Waals surface area contributed by atoms with Crippen molar-refractivity contribution in [3.05, 3.63) is 12.7 Å². The molecule has 0 spiro atoms. The van der Waals surface area contributed by atoms with E-state index in [1.54, 1.807) is 11.0 Å². The fourth-order valence-corrected chi connectivity index (χ4v) is 0.607. The lowest BCUT2D eigenvalue weighted by Crippen LogP contribution is -2.36. The molecule has 70 valence electrons. The van der Waals surface area contributed by atoms with Crippen LogP contribution in [0.2, 0.25) is 0 Å². The van der Waals surface area contributed by atoms with Crippen molar-refractivity contribution < 1.29 is 0 Å². The van der Waals surface area contributed by atoms with E-state index in [4.69, 9.17) is 11.5 Å². The Balaban J connectivity index is 4.22. The average Bonchev–Trinajstić information content (AvgIpc) is 2.02. The summed E-state index contributed by atoms with van der Waals surface area (Å²) < 4.78 is 0. The molecule has 0 aromatic rings. The van der Waals surface area contributed by atoms with Crippen molar-refractivity contribution in [2.45, 2.75) is 19.0 Å². The summed E-state index contributed by atoms with van der Waals surface area (Å²) in [6, 6.07) is -0.159. The summed E-state index contributed by atoms with van der Waals surface area (Å²) in [5, 5.41) is 0. The van der Waals surface area contributed by atoms with Gasteiger partial charge in [0.2, 0.25) is 0 Å². The molecule has 0 bridgehead atoms. The third-order valence-corrected chi connectivity index (χ3v) is 1.62. The minimum atomic E-state index is -0.136. The van der Waals surface area contributed by atoms with Gasteiger partial charge in [-0.15, -0.1) is 6.58 Å². The lowest BCUT2D eigenvalue weighted by Gasteiger charge is -2.16. The summed E-state index contributed by atoms with van der Waals surface area (Å²) in [6.45, 7) is 5.49. The standard InChI is InChI=1S/C8H18N4/c1-5-7(9)6(2)11-8(10)12(3)4/h5-7H,1,9H2,2-4H3,(H2,10,11). The van der Waals surface area contributed by atoms with E-state index >= 15 is 0 Å². The maximum atomic E-state index is 5.67. The number of nitrogens with zero attached hydrogens (tertiary/aromatic N) is 2. The van der Waals surface area contributed by atoms with Crippen LogP contribution < -0.4 is 11.5 Å². The van der Waals surface area contributed by atoms with Crippen LogP contribution >= 0.6 is 0 Å². The number of rotatable bonds is 3. The second-order valence-corrected chi connectivity index (χ2v) is 2.94. The first-order valence-corrected chi connectivity index (χ1v) is 3.87. The Morgan fingerprint density at radius 3 is 2.42 bits per heavy atom. The predicted octanol–water partition coefficient (Wildman–Crippen LogP) is -0.235. The SMILES string of the molecule is C=CC(N)C(C)N=C(N)N(C)C. The normalized spacial score (nSPS) is 16.8. The minimum absolute atomic E-state index is 0.0232. The fourth-order valence-electron chi connectivity index (χ4n) is 0.607. The van der Waals surface area contributed by atoms with Crippen molar-refractivity contribution in [3.63, 3.8) is 0 Å². The lowest BCUT2D eigenvalue weighted by atomic mass is 10.2. The van der Waals surface area contributed by atoms with Crippen molar-refractivity contribution in [1.82, 2.24) is 4.90 Å². The van der Waals surface area contributed by atoms with Crippen LogP contribution in [0.3, 0.4) is 0 Å². The lowest BCUT2D eigenvalue weighted by molar-refractivity contribution is 0.582. The van der Waals surface area contributed by atoms with Gasteiger partial charge in [0.05, 0.1) is 6.04 Å². The number of nitrogens with two attached hydrogens (primary N) is 2. The predicted molar refractivity (Wildman–Crippen MR) is 52.9 cm³/mol. The molecule has 0 rings (SSSR count). The summed E-state index contributed by atoms with van der Waals surface area (Å²) in [4.78, 5) is 5.91. The van der Waals surface area contributed by atoms with Crippen LogP contribution in [0, 0.1) is 0 Å². The third-order valence-electron chi connectivity index (χ3n) is 1.62. The quantitative estimate of drug-likeness (QED) is 0.349. The molecular weight excluding hydrogens is 152 g/mol. The number of aliphatic imine (C=N–C) groups is 1. The first-order valence-electron chi connectivity index (χ1n) is 3.87. The molecule has 12 heavy (non-hydrogen) atoms. The largest absolute Gasteiger partial charge is 0.370 e. The van der Waals surface area contributed by atoms with Gasteiger partial charge in [-0.2, -0.15) is 0 Å². The summed E-state index contributed by atoms with van der Waals surface area (Å²) in [6.07, 6.45) is 1.66. The zero-order valence-electron chi connectivity index (χ0n) is 7.99. The average molecular weight is 170 g/mol. The van der Waals surface area contributed by atoms with Gasteiger partial charge in [-0.3, -0.25) is 0 Å². The van der Waals surface area contributed by atoms with Gasteiger partial charge >= 0.3 is 0 Å². The Labute approximate surface area is 73.9 Å². The Morgan fingerprint density at radius 2 is 2.08 bits per heavy atom. The van der Waals surface area contributed by atoms with Gasteiger partial charge in [0, 0.05) is 20.1 Å². The molecule has 0 aromatic carbocycles. The molecular formula is C8H18N4. The Hall–Kier alpha value is -1.03. The van der Waals surface area contributed by atoms with Crippen LogP contribution in [-0.2, 0) is 0 Å². The van der Waals surface area contributed by atoms with Crippen LogP contribution in [0.4, 0.5) is 0 Å². The fraction of sp³-hybridized carbons (Fsp3) is 0.625. The van der Waals surface area contributed by atoms with Crippen LogP contribution in [0.5, 0.6) is 0 Å². The van der Waals surface area contributed by atoms with E-state index in [-0.39, 0.29) is 12.1 Å². The molecule has 4 N–H and O–H groups in total. The molecule has 0 fully saturated rings. The van der Waals surface area contributed by atoms with Crippen molar-refractivity contribution >= 4 is 5.96 Å². The highest BCUT2D eigenvalue weighted by molar-refractivity contribution is 5.77. The summed E-state index contributed by atoms with van der Waals surface area (Å²) in [5.74, 6) is 0.486. The molecule has 0 radical (unpaired) electrons. The number of guanidine groups is 1. The van der Waals surface area contributed by atoms with Gasteiger partial charge < -0.3 is 16.4 Å². The molecule has 0 aliphatic carbocycles. The zero-order chi connectivity index (χ0) is 9.72. The van der Waals surface area contributed by atoms with Gasteiger partial charge in [0.25, 0.3) is 0 Å². The van der Waals surface area contributed by atoms with Crippen molar-refractivity contribution in [3.8, 4) is 0 Å². The van der Waals surface area contributed by atoms with E-state index in [0.717, 1.165) is 0 Å². The van der Waals surface area contributed by atoms with Gasteiger partial charge in [-0.25, -0.2) is 4.99 Å². The summed E-state index contributed by atoms with van der Waals surface area (Å²) >= 11 is 0. The van der Waals surface area contributed by atoms with E-state index in [1.165, 1.54) is 0 Å². The maximum absolute atomic E-state index is 5.67. The molecule has 0 saturated carbocycles. The molecule has 2 unspecified atom stereocenters. The molecule has 0 amide bonds. The van der Waals surface area contributed by atoms with Gasteiger partial charge in [0.15, 0.2) is 5.96 Å². The van der Waals surface area contributed by atoms with Crippen molar-refractivity contribution in [2.24, 2.45) is 16.5 Å². The Morgan fingerprint density at radius 1 is 1.58 bits per heavy atom. The Bertz CT molecular complexity index is 174. The topological polar surface area (TPSA) is 67.6 Å². The first-order chi connectivity index (χ1) is 5.49. The highest BCUT2D eigenvalue weighted by atomic mass is 15.2. The molecule has 4 heteroatoms. The summed E-state index contributed by atoms with van der Waals surface area (Å²) in [7, 11) is 3.68. The van der Waals surface area contributed by atoms with Crippen LogP contribution in [0.15, 0.2) is 17.6 Å². The molecule has 2 atom stereocenters. The monoisotopic (exact) mass is 170 g/mol. The minimum Gasteiger partial charge on any atom is -0.370 e. The first kappa shape index (κ1) is 11.0. The van der Waals surface area contributed by atoms with Gasteiger partial charge in [-0.05, 0) is 6.92 Å². The van der Waals surface area contributed by atoms with E-state index in [9.17, 15) is 0 Å². The second kappa shape index (κ2) is 4.77. The number of hydrogen-bond donors (Lipinski definition) is 2. The van der Waals surface area contributed by atoms with Crippen LogP contribution in [0.1, 0.15) is 6.92 Å². The second-order valence-electron chi connectivity index (χ2n) is 2.94. The van der Waals surface area contributed by atoms with E-state index < -0.39 is 0 Å². The molecule has 0 aromatic heterocycles. The number of hydrogen-bond acceptors (Lipinski definition) is 2. The molecule has 0 aliphatic rings. The third kappa shape index (κ3) is 3.39. The Kier molecular flexibility index (Phi) is 4.36. The summed E-state index contributed by atoms with van der Waals surface area (Å²) in [5.41, 5.74) is 11.3. The highest BCUT2D eigenvalue weighted by Crippen LogP contribution is 1.96. The van der Waals surface area contributed by atoms with Crippen LogP contribution in [-0.4, -0.2) is 37.0 Å². The maximum Gasteiger partial charge on any atom is 0.191 e. The molecule has 0 aliphatic heterocycles. The van der Waals surface area contributed by atoms with Crippen LogP contribution in [0.25, 0.3) is 0 Å². The van der Waals surface area contributed by atoms with Gasteiger partial charge in [0.1, 0.15) is 0 Å². The van der Waals surface area contributed by atoms with Gasteiger partial charge in [-0.1, -0.05) is 6.08 Å². The smallest absolute Gasteiger partial charge is 0.191 e. The molecule has 0 heterocycles. The van der Waals surface area contributed by atoms with E-state index in [1.807, 2.05) is 21.0 Å². The highest BCUT2D eigenvalue weighted by Gasteiger charge is 2.07. The zero-order valence-corrected chi connectivity index (χ0v) is 7.99. The van der Waals surface area contributed by atoms with Crippen molar-refractivity contribution in [2.75, 3.05) is 14.1 Å².